The number of ether oxygens (including phenoxy) is 1. The Morgan fingerprint density at radius 3 is 3.00 bits per heavy atom. The van der Waals surface area contributed by atoms with Crippen LogP contribution in [0.1, 0.15) is 12.1 Å². The van der Waals surface area contributed by atoms with E-state index < -0.39 is 0 Å². The number of pyridine rings is 1. The van der Waals surface area contributed by atoms with Crippen LogP contribution in [0, 0.1) is 6.92 Å². The highest BCUT2D eigenvalue weighted by Crippen LogP contribution is 2.28. The van der Waals surface area contributed by atoms with E-state index in [0.29, 0.717) is 13.0 Å². The lowest BCUT2D eigenvalue weighted by Crippen LogP contribution is -2.30. The summed E-state index contributed by atoms with van der Waals surface area (Å²) in [5.41, 5.74) is 8.16. The van der Waals surface area contributed by atoms with Gasteiger partial charge in [-0.05, 0) is 35.0 Å². The van der Waals surface area contributed by atoms with Crippen molar-refractivity contribution in [2.45, 2.75) is 13.3 Å². The number of para-hydroxylation sites is 1. The number of aromatic nitrogens is 1. The number of halogens is 1. The number of aryl methyl sites for hydroxylation is 1. The summed E-state index contributed by atoms with van der Waals surface area (Å²) in [4.78, 5) is 16.1. The number of anilines is 1. The van der Waals surface area contributed by atoms with E-state index in [9.17, 15) is 4.79 Å². The van der Waals surface area contributed by atoms with Crippen molar-refractivity contribution in [2.24, 2.45) is 0 Å². The number of nitrogens with zero attached hydrogens (tertiary/aromatic N) is 1. The first-order valence-electron chi connectivity index (χ1n) is 6.21. The fourth-order valence-corrected chi connectivity index (χ4v) is 2.29. The summed E-state index contributed by atoms with van der Waals surface area (Å²) in [7, 11) is 1.57. The molecule has 0 saturated heterocycles. The maximum absolute atomic E-state index is 11.6. The third kappa shape index (κ3) is 3.46. The molecule has 0 saturated carbocycles. The molecule has 2 N–H and O–H groups in total. The molecule has 106 valence electrons. The van der Waals surface area contributed by atoms with Crippen LogP contribution in [-0.2, 0) is 9.53 Å². The number of methoxy groups -OCH3 is 1. The van der Waals surface area contributed by atoms with Crippen LogP contribution in [0.15, 0.2) is 28.7 Å². The highest BCUT2D eigenvalue weighted by Gasteiger charge is 2.07. The Morgan fingerprint density at radius 2 is 2.25 bits per heavy atom. The lowest BCUT2D eigenvalue weighted by Gasteiger charge is -2.12. The minimum Gasteiger partial charge on any atom is -0.384 e. The molecule has 1 heterocycles. The summed E-state index contributed by atoms with van der Waals surface area (Å²) >= 11 is 3.49. The molecule has 2 aromatic rings. The molecule has 1 aromatic heterocycles. The van der Waals surface area contributed by atoms with E-state index in [1.807, 2.05) is 31.2 Å². The Kier molecular flexibility index (Phi) is 4.92. The van der Waals surface area contributed by atoms with Crippen molar-refractivity contribution >= 4 is 38.4 Å². The molecule has 2 rings (SSSR count). The van der Waals surface area contributed by atoms with Crippen molar-refractivity contribution in [2.75, 3.05) is 19.1 Å². The molecule has 0 aliphatic carbocycles. The second-order valence-corrected chi connectivity index (χ2v) is 5.22. The van der Waals surface area contributed by atoms with E-state index >= 15 is 0 Å². The molecule has 1 aromatic carbocycles. The molecule has 5 nitrogen and oxygen atoms in total. The second kappa shape index (κ2) is 6.67. The molecule has 0 spiro atoms. The summed E-state index contributed by atoms with van der Waals surface area (Å²) in [6.45, 7) is 2.31. The van der Waals surface area contributed by atoms with Crippen molar-refractivity contribution in [1.29, 1.82) is 0 Å². The number of amides is 1. The van der Waals surface area contributed by atoms with Crippen molar-refractivity contribution in [1.82, 2.24) is 10.4 Å². The van der Waals surface area contributed by atoms with Gasteiger partial charge in [-0.1, -0.05) is 12.1 Å². The Balaban J connectivity index is 2.21. The number of fused-ring (bicyclic) bond motifs is 1. The standard InChI is InChI=1S/C14H16BrN3O2/c1-9-8-12(17-18-13(19)6-7-20-2)10-4-3-5-11(15)14(10)16-9/h3-5,8H,6-7H2,1-2H3,(H,16,17)(H,18,19). The van der Waals surface area contributed by atoms with Gasteiger partial charge >= 0.3 is 0 Å². The first-order valence-corrected chi connectivity index (χ1v) is 7.01. The third-order valence-corrected chi connectivity index (χ3v) is 3.43. The maximum atomic E-state index is 11.6. The molecular weight excluding hydrogens is 322 g/mol. The first-order chi connectivity index (χ1) is 9.61. The normalized spacial score (nSPS) is 10.6. The van der Waals surface area contributed by atoms with Gasteiger partial charge in [0.15, 0.2) is 0 Å². The minimum absolute atomic E-state index is 0.121. The molecule has 0 unspecified atom stereocenters. The van der Waals surface area contributed by atoms with Crippen LogP contribution in [-0.4, -0.2) is 24.6 Å². The summed E-state index contributed by atoms with van der Waals surface area (Å²) in [5.74, 6) is -0.121. The van der Waals surface area contributed by atoms with Crippen LogP contribution in [0.2, 0.25) is 0 Å². The Morgan fingerprint density at radius 1 is 1.45 bits per heavy atom. The van der Waals surface area contributed by atoms with Crippen molar-refractivity contribution in [3.05, 3.63) is 34.4 Å². The smallest absolute Gasteiger partial charge is 0.240 e. The van der Waals surface area contributed by atoms with Crippen LogP contribution >= 0.6 is 15.9 Å². The van der Waals surface area contributed by atoms with Gasteiger partial charge in [0.1, 0.15) is 0 Å². The number of benzene rings is 1. The van der Waals surface area contributed by atoms with Crippen molar-refractivity contribution < 1.29 is 9.53 Å². The van der Waals surface area contributed by atoms with E-state index in [2.05, 4.69) is 31.8 Å². The number of nitrogens with one attached hydrogen (secondary N) is 2. The SMILES string of the molecule is COCCC(=O)NNc1cc(C)nc2c(Br)cccc12. The lowest BCUT2D eigenvalue weighted by molar-refractivity contribution is -0.121. The Labute approximate surface area is 125 Å². The quantitative estimate of drug-likeness (QED) is 0.823. The summed E-state index contributed by atoms with van der Waals surface area (Å²) < 4.78 is 5.79. The van der Waals surface area contributed by atoms with Gasteiger partial charge in [0.25, 0.3) is 0 Å². The van der Waals surface area contributed by atoms with Gasteiger partial charge in [0.2, 0.25) is 5.91 Å². The van der Waals surface area contributed by atoms with Gasteiger partial charge < -0.3 is 4.74 Å². The number of carbonyl (C=O) groups excluding carboxylic acids is 1. The van der Waals surface area contributed by atoms with E-state index in [4.69, 9.17) is 4.74 Å². The fourth-order valence-electron chi connectivity index (χ4n) is 1.84. The topological polar surface area (TPSA) is 63.2 Å². The van der Waals surface area contributed by atoms with E-state index in [1.54, 1.807) is 7.11 Å². The van der Waals surface area contributed by atoms with Crippen molar-refractivity contribution in [3.8, 4) is 0 Å². The number of rotatable bonds is 5. The molecule has 0 fully saturated rings. The van der Waals surface area contributed by atoms with Gasteiger partial charge in [-0.2, -0.15) is 0 Å². The molecule has 0 aliphatic rings. The van der Waals surface area contributed by atoms with Gasteiger partial charge in [0.05, 0.1) is 24.2 Å². The number of carbonyl (C=O) groups is 1. The predicted octanol–water partition coefficient (Wildman–Crippen LogP) is 2.79. The highest BCUT2D eigenvalue weighted by atomic mass is 79.9. The molecular formula is C14H16BrN3O2. The zero-order chi connectivity index (χ0) is 14.5. The molecule has 0 atom stereocenters. The minimum atomic E-state index is -0.121. The molecule has 0 aliphatic heterocycles. The number of hydrazine groups is 1. The van der Waals surface area contributed by atoms with Gasteiger partial charge in [-0.15, -0.1) is 0 Å². The molecule has 0 bridgehead atoms. The van der Waals surface area contributed by atoms with Crippen LogP contribution in [0.5, 0.6) is 0 Å². The van der Waals surface area contributed by atoms with E-state index in [0.717, 1.165) is 26.8 Å². The fraction of sp³-hybridized carbons (Fsp3) is 0.286. The molecule has 0 radical (unpaired) electrons. The van der Waals surface area contributed by atoms with E-state index in [-0.39, 0.29) is 5.91 Å². The summed E-state index contributed by atoms with van der Waals surface area (Å²) in [5, 5.41) is 0.942. The Bertz CT molecular complexity index is 631. The zero-order valence-corrected chi connectivity index (χ0v) is 13.0. The molecule has 6 heteroatoms. The maximum Gasteiger partial charge on any atom is 0.240 e. The second-order valence-electron chi connectivity index (χ2n) is 4.36. The van der Waals surface area contributed by atoms with Crippen LogP contribution in [0.25, 0.3) is 10.9 Å². The summed E-state index contributed by atoms with van der Waals surface area (Å²) in [6, 6.07) is 7.72. The van der Waals surface area contributed by atoms with E-state index in [1.165, 1.54) is 0 Å². The average molecular weight is 338 g/mol. The predicted molar refractivity (Wildman–Crippen MR) is 82.4 cm³/mol. The molecule has 1 amide bonds. The highest BCUT2D eigenvalue weighted by molar-refractivity contribution is 9.10. The van der Waals surface area contributed by atoms with Gasteiger partial charge in [-0.3, -0.25) is 20.6 Å². The van der Waals surface area contributed by atoms with Crippen LogP contribution in [0.4, 0.5) is 5.69 Å². The Hall–Kier alpha value is -1.66. The third-order valence-electron chi connectivity index (χ3n) is 2.79. The van der Waals surface area contributed by atoms with Crippen LogP contribution < -0.4 is 10.9 Å². The lowest BCUT2D eigenvalue weighted by atomic mass is 10.1. The largest absolute Gasteiger partial charge is 0.384 e. The van der Waals surface area contributed by atoms with Crippen LogP contribution in [0.3, 0.4) is 0 Å². The zero-order valence-electron chi connectivity index (χ0n) is 11.4. The number of hydrogen-bond acceptors (Lipinski definition) is 4. The average Bonchev–Trinajstić information content (AvgIpc) is 2.43. The van der Waals surface area contributed by atoms with Crippen molar-refractivity contribution in [3.63, 3.8) is 0 Å². The van der Waals surface area contributed by atoms with Gasteiger partial charge in [-0.25, -0.2) is 0 Å². The summed E-state index contributed by atoms with van der Waals surface area (Å²) in [6.07, 6.45) is 0.315. The monoisotopic (exact) mass is 337 g/mol. The first kappa shape index (κ1) is 14.7. The van der Waals surface area contributed by atoms with Gasteiger partial charge in [0, 0.05) is 22.7 Å². The number of hydrogen-bond donors (Lipinski definition) is 2. The molecule has 20 heavy (non-hydrogen) atoms.